The third-order valence-electron chi connectivity index (χ3n) is 4.41. The molecular weight excluding hydrogens is 450 g/mol. The van der Waals surface area contributed by atoms with Gasteiger partial charge in [0, 0.05) is 5.02 Å². The number of benzene rings is 2. The zero-order valence-corrected chi connectivity index (χ0v) is 20.2. The predicted octanol–water partition coefficient (Wildman–Crippen LogP) is 4.10. The van der Waals surface area contributed by atoms with E-state index in [2.05, 4.69) is 30.0 Å². The average Bonchev–Trinajstić information content (AvgIpc) is 2.74. The van der Waals surface area contributed by atoms with Crippen molar-refractivity contribution in [2.45, 2.75) is 34.1 Å². The second-order valence-corrected chi connectivity index (χ2v) is 8.43. The molecule has 2 aromatic rings. The second-order valence-electron chi connectivity index (χ2n) is 7.64. The van der Waals surface area contributed by atoms with Crippen LogP contribution in [0.4, 0.5) is 0 Å². The van der Waals surface area contributed by atoms with Crippen molar-refractivity contribution < 1.29 is 19.1 Å². The van der Waals surface area contributed by atoms with Gasteiger partial charge in [-0.2, -0.15) is 0 Å². The molecule has 172 valence electrons. The Morgan fingerprint density at radius 2 is 1.72 bits per heavy atom. The van der Waals surface area contributed by atoms with Crippen LogP contribution in [0.25, 0.3) is 0 Å². The molecule has 0 aromatic heterocycles. The lowest BCUT2D eigenvalue weighted by Gasteiger charge is -2.14. The van der Waals surface area contributed by atoms with Gasteiger partial charge in [0.15, 0.2) is 11.7 Å². The molecule has 0 fully saturated rings. The predicted molar refractivity (Wildman–Crippen MR) is 129 cm³/mol. The molecule has 0 spiro atoms. The van der Waals surface area contributed by atoms with E-state index in [4.69, 9.17) is 33.3 Å². The minimum Gasteiger partial charge on any atom is -0.493 e. The van der Waals surface area contributed by atoms with E-state index in [1.165, 1.54) is 0 Å². The molecule has 0 saturated carbocycles. The zero-order valence-electron chi connectivity index (χ0n) is 18.6. The minimum atomic E-state index is -0.468. The number of para-hydroxylation sites is 1. The van der Waals surface area contributed by atoms with Crippen LogP contribution in [0.15, 0.2) is 36.4 Å². The van der Waals surface area contributed by atoms with Gasteiger partial charge in [0.2, 0.25) is 0 Å². The highest BCUT2D eigenvalue weighted by Gasteiger charge is 2.14. The van der Waals surface area contributed by atoms with Crippen molar-refractivity contribution in [2.75, 3.05) is 13.2 Å². The Labute approximate surface area is 198 Å². The highest BCUT2D eigenvalue weighted by molar-refractivity contribution is 7.80. The summed E-state index contributed by atoms with van der Waals surface area (Å²) in [6.45, 7) is 8.19. The quantitative estimate of drug-likeness (QED) is 0.392. The molecule has 0 radical (unpaired) electrons. The molecule has 0 saturated heterocycles. The van der Waals surface area contributed by atoms with Crippen molar-refractivity contribution in [1.29, 1.82) is 0 Å². The van der Waals surface area contributed by atoms with Crippen molar-refractivity contribution in [2.24, 2.45) is 5.92 Å². The number of ether oxygens (including phenoxy) is 2. The molecule has 9 heteroatoms. The third-order valence-corrected chi connectivity index (χ3v) is 5.21. The summed E-state index contributed by atoms with van der Waals surface area (Å²) in [5, 5.41) is 3.12. The fraction of sp³-hybridized carbons (Fsp3) is 0.348. The summed E-state index contributed by atoms with van der Waals surface area (Å²) in [7, 11) is 0. The molecule has 0 heterocycles. The Hall–Kier alpha value is -2.84. The molecule has 0 aliphatic rings. The van der Waals surface area contributed by atoms with Crippen molar-refractivity contribution in [3.05, 3.63) is 58.1 Å². The minimum absolute atomic E-state index is 0.0569. The molecule has 2 amide bonds. The van der Waals surface area contributed by atoms with Gasteiger partial charge in [0.05, 0.1) is 12.2 Å². The topological polar surface area (TPSA) is 88.7 Å². The van der Waals surface area contributed by atoms with E-state index < -0.39 is 11.8 Å². The first-order valence-electron chi connectivity index (χ1n) is 10.2. The average molecular weight is 478 g/mol. The fourth-order valence-corrected chi connectivity index (χ4v) is 2.94. The molecule has 0 atom stereocenters. The van der Waals surface area contributed by atoms with Crippen LogP contribution in [0, 0.1) is 19.8 Å². The number of halogens is 1. The van der Waals surface area contributed by atoms with Crippen LogP contribution in [0.3, 0.4) is 0 Å². The lowest BCUT2D eigenvalue weighted by molar-refractivity contribution is -0.123. The summed E-state index contributed by atoms with van der Waals surface area (Å²) < 4.78 is 11.2. The standard InChI is InChI=1S/C23H28ClN3O4S/c1-14(2)9-10-30-19-8-6-5-7-18(19)22(29)25-23(32)27-26-20(28)13-31-17-11-15(3)21(24)16(4)12-17/h5-8,11-12,14H,9-10,13H2,1-4H3,(H,26,28)(H2,25,27,29,32). The van der Waals surface area contributed by atoms with Crippen molar-refractivity contribution in [1.82, 2.24) is 16.2 Å². The van der Waals surface area contributed by atoms with Crippen LogP contribution in [0.1, 0.15) is 41.8 Å². The van der Waals surface area contributed by atoms with Gasteiger partial charge in [-0.25, -0.2) is 0 Å². The Kier molecular flexibility index (Phi) is 9.74. The van der Waals surface area contributed by atoms with Crippen molar-refractivity contribution in [3.63, 3.8) is 0 Å². The molecular formula is C23H28ClN3O4S. The molecule has 0 bridgehead atoms. The van der Waals surface area contributed by atoms with E-state index >= 15 is 0 Å². The normalized spacial score (nSPS) is 10.4. The lowest BCUT2D eigenvalue weighted by Crippen LogP contribution is -2.49. The van der Waals surface area contributed by atoms with Crippen molar-refractivity contribution in [3.8, 4) is 11.5 Å². The highest BCUT2D eigenvalue weighted by Crippen LogP contribution is 2.25. The second kappa shape index (κ2) is 12.3. The van der Waals surface area contributed by atoms with E-state index in [0.29, 0.717) is 34.6 Å². The van der Waals surface area contributed by atoms with E-state index in [-0.39, 0.29) is 11.7 Å². The maximum atomic E-state index is 12.6. The first kappa shape index (κ1) is 25.4. The number of hydrazine groups is 1. The summed E-state index contributed by atoms with van der Waals surface area (Å²) >= 11 is 11.2. The van der Waals surface area contributed by atoms with Crippen LogP contribution < -0.4 is 25.6 Å². The largest absolute Gasteiger partial charge is 0.493 e. The summed E-state index contributed by atoms with van der Waals surface area (Å²) in [4.78, 5) is 24.6. The molecule has 7 nitrogen and oxygen atoms in total. The van der Waals surface area contributed by atoms with Gasteiger partial charge in [0.1, 0.15) is 11.5 Å². The van der Waals surface area contributed by atoms with Gasteiger partial charge in [-0.15, -0.1) is 0 Å². The van der Waals surface area contributed by atoms with Crippen LogP contribution >= 0.6 is 23.8 Å². The summed E-state index contributed by atoms with van der Waals surface area (Å²) in [6.07, 6.45) is 0.874. The van der Waals surface area contributed by atoms with Gasteiger partial charge < -0.3 is 9.47 Å². The number of amides is 2. The molecule has 3 N–H and O–H groups in total. The number of carbonyl (C=O) groups is 2. The number of hydrogen-bond acceptors (Lipinski definition) is 5. The van der Waals surface area contributed by atoms with E-state index in [1.807, 2.05) is 13.8 Å². The Bertz CT molecular complexity index is 958. The molecule has 0 unspecified atom stereocenters. The van der Waals surface area contributed by atoms with Crippen LogP contribution in [0.2, 0.25) is 5.02 Å². The fourth-order valence-electron chi connectivity index (χ4n) is 2.69. The maximum Gasteiger partial charge on any atom is 0.276 e. The Morgan fingerprint density at radius 3 is 2.38 bits per heavy atom. The van der Waals surface area contributed by atoms with Gasteiger partial charge >= 0.3 is 0 Å². The third kappa shape index (κ3) is 8.01. The molecule has 0 aliphatic carbocycles. The zero-order chi connectivity index (χ0) is 23.7. The van der Waals surface area contributed by atoms with Crippen LogP contribution in [0.5, 0.6) is 11.5 Å². The lowest BCUT2D eigenvalue weighted by atomic mass is 10.1. The number of aryl methyl sites for hydroxylation is 2. The first-order chi connectivity index (χ1) is 15.2. The Balaban J connectivity index is 1.81. The first-order valence-corrected chi connectivity index (χ1v) is 11.0. The number of carbonyl (C=O) groups excluding carboxylic acids is 2. The molecule has 32 heavy (non-hydrogen) atoms. The monoisotopic (exact) mass is 477 g/mol. The Morgan fingerprint density at radius 1 is 1.06 bits per heavy atom. The van der Waals surface area contributed by atoms with Gasteiger partial charge in [-0.3, -0.25) is 25.8 Å². The van der Waals surface area contributed by atoms with Gasteiger partial charge in [0.25, 0.3) is 11.8 Å². The molecule has 2 rings (SSSR count). The number of hydrogen-bond donors (Lipinski definition) is 3. The smallest absolute Gasteiger partial charge is 0.276 e. The van der Waals surface area contributed by atoms with E-state index in [1.54, 1.807) is 36.4 Å². The van der Waals surface area contributed by atoms with Crippen molar-refractivity contribution >= 4 is 40.7 Å². The molecule has 0 aliphatic heterocycles. The van der Waals surface area contributed by atoms with E-state index in [9.17, 15) is 9.59 Å². The molecule has 2 aromatic carbocycles. The summed E-state index contributed by atoms with van der Waals surface area (Å²) in [5.74, 6) is 0.585. The number of nitrogens with one attached hydrogen (secondary N) is 3. The van der Waals surface area contributed by atoms with Crippen LogP contribution in [-0.2, 0) is 4.79 Å². The van der Waals surface area contributed by atoms with Gasteiger partial charge in [-0.05, 0) is 73.8 Å². The SMILES string of the molecule is Cc1cc(OCC(=O)NNC(=S)NC(=O)c2ccccc2OCCC(C)C)cc(C)c1Cl. The summed E-state index contributed by atoms with van der Waals surface area (Å²) in [5.41, 5.74) is 6.94. The highest BCUT2D eigenvalue weighted by atomic mass is 35.5. The van der Waals surface area contributed by atoms with Crippen LogP contribution in [-0.4, -0.2) is 30.1 Å². The van der Waals surface area contributed by atoms with E-state index in [0.717, 1.165) is 17.5 Å². The number of rotatable bonds is 8. The summed E-state index contributed by atoms with van der Waals surface area (Å²) in [6, 6.07) is 10.4. The maximum absolute atomic E-state index is 12.6. The number of thiocarbonyl (C=S) groups is 1. The van der Waals surface area contributed by atoms with Gasteiger partial charge in [-0.1, -0.05) is 37.6 Å².